The van der Waals surface area contributed by atoms with Crippen molar-refractivity contribution in [3.8, 4) is 0 Å². The minimum atomic E-state index is -0.310. The number of hydrogen-bond acceptors (Lipinski definition) is 4. The number of carbonyl (C=O) groups is 1. The molecule has 0 fully saturated rings. The van der Waals surface area contributed by atoms with Gasteiger partial charge in [-0.15, -0.1) is 0 Å². The maximum atomic E-state index is 12.1. The molecule has 0 N–H and O–H groups in total. The zero-order chi connectivity index (χ0) is 12.5. The van der Waals surface area contributed by atoms with E-state index in [0.29, 0.717) is 10.6 Å². The van der Waals surface area contributed by atoms with Gasteiger partial charge in [0, 0.05) is 17.8 Å². The number of rotatable bonds is 2. The Hall–Kier alpha value is -2.20. The molecule has 0 aliphatic heterocycles. The number of carbonyl (C=O) groups excluding carboxylic acids is 1. The predicted molar refractivity (Wildman–Crippen MR) is 66.7 cm³/mol. The van der Waals surface area contributed by atoms with Crippen molar-refractivity contribution in [1.29, 1.82) is 0 Å². The number of para-hydroxylation sites is 1. The van der Waals surface area contributed by atoms with Crippen LogP contribution in [0.4, 0.5) is 0 Å². The Morgan fingerprint density at radius 2 is 2.17 bits per heavy atom. The smallest absolute Gasteiger partial charge is 0.248 e. The van der Waals surface area contributed by atoms with Crippen molar-refractivity contribution in [3.05, 3.63) is 59.3 Å². The second kappa shape index (κ2) is 4.23. The molecule has 2 aromatic heterocycles. The van der Waals surface area contributed by atoms with Crippen molar-refractivity contribution in [2.75, 3.05) is 0 Å². The third-order valence-electron chi connectivity index (χ3n) is 2.52. The van der Waals surface area contributed by atoms with Crippen LogP contribution in [0.5, 0.6) is 0 Å². The number of halogens is 1. The molecule has 4 nitrogen and oxygen atoms in total. The zero-order valence-electron chi connectivity index (χ0n) is 9.13. The highest BCUT2D eigenvalue weighted by molar-refractivity contribution is 6.35. The highest BCUT2D eigenvalue weighted by Gasteiger charge is 2.16. The normalized spacial score (nSPS) is 10.7. The zero-order valence-corrected chi connectivity index (χ0v) is 9.89. The molecule has 0 aliphatic carbocycles. The Morgan fingerprint density at radius 1 is 1.28 bits per heavy atom. The predicted octanol–water partition coefficient (Wildman–Crippen LogP) is 3.11. The van der Waals surface area contributed by atoms with Crippen molar-refractivity contribution < 1.29 is 9.21 Å². The number of ketones is 1. The summed E-state index contributed by atoms with van der Waals surface area (Å²) in [6, 6.07) is 7.00. The SMILES string of the molecule is O=C(c1cnccn1)c1cc2cccc(Cl)c2o1. The molecule has 0 unspecified atom stereocenters. The van der Waals surface area contributed by atoms with E-state index in [1.165, 1.54) is 18.6 Å². The van der Waals surface area contributed by atoms with Crippen molar-refractivity contribution in [3.63, 3.8) is 0 Å². The lowest BCUT2D eigenvalue weighted by Crippen LogP contribution is -2.02. The summed E-state index contributed by atoms with van der Waals surface area (Å²) in [5, 5.41) is 1.26. The van der Waals surface area contributed by atoms with Gasteiger partial charge in [-0.2, -0.15) is 0 Å². The van der Waals surface area contributed by atoms with Crippen molar-refractivity contribution in [1.82, 2.24) is 9.97 Å². The van der Waals surface area contributed by atoms with Crippen LogP contribution in [-0.2, 0) is 0 Å². The van der Waals surface area contributed by atoms with Gasteiger partial charge in [0.2, 0.25) is 5.78 Å². The molecule has 0 saturated carbocycles. The average molecular weight is 259 g/mol. The summed E-state index contributed by atoms with van der Waals surface area (Å²) in [4.78, 5) is 19.9. The number of fused-ring (bicyclic) bond motifs is 1. The second-order valence-electron chi connectivity index (χ2n) is 3.69. The van der Waals surface area contributed by atoms with Gasteiger partial charge in [-0.3, -0.25) is 9.78 Å². The van der Waals surface area contributed by atoms with E-state index in [0.717, 1.165) is 5.39 Å². The Labute approximate surface area is 107 Å². The van der Waals surface area contributed by atoms with Crippen LogP contribution in [0, 0.1) is 0 Å². The van der Waals surface area contributed by atoms with Gasteiger partial charge < -0.3 is 4.42 Å². The number of benzene rings is 1. The van der Waals surface area contributed by atoms with E-state index in [9.17, 15) is 4.79 Å². The monoisotopic (exact) mass is 258 g/mol. The summed E-state index contributed by atoms with van der Waals surface area (Å²) in [5.74, 6) is -0.103. The maximum Gasteiger partial charge on any atom is 0.248 e. The molecule has 18 heavy (non-hydrogen) atoms. The van der Waals surface area contributed by atoms with Crippen LogP contribution in [0.1, 0.15) is 16.2 Å². The van der Waals surface area contributed by atoms with Gasteiger partial charge in [-0.1, -0.05) is 23.7 Å². The molecular weight excluding hydrogens is 252 g/mol. The van der Waals surface area contributed by atoms with E-state index in [1.54, 1.807) is 18.2 Å². The Balaban J connectivity index is 2.10. The van der Waals surface area contributed by atoms with E-state index in [-0.39, 0.29) is 17.2 Å². The lowest BCUT2D eigenvalue weighted by molar-refractivity contribution is 0.101. The van der Waals surface area contributed by atoms with Crippen LogP contribution in [-0.4, -0.2) is 15.8 Å². The first kappa shape index (κ1) is 10.9. The summed E-state index contributed by atoms with van der Waals surface area (Å²) in [5.41, 5.74) is 0.749. The first-order chi connectivity index (χ1) is 8.75. The van der Waals surface area contributed by atoms with E-state index >= 15 is 0 Å². The van der Waals surface area contributed by atoms with E-state index < -0.39 is 0 Å². The van der Waals surface area contributed by atoms with Gasteiger partial charge in [-0.05, 0) is 12.1 Å². The molecule has 1 aromatic carbocycles. The van der Waals surface area contributed by atoms with Crippen molar-refractivity contribution in [2.45, 2.75) is 0 Å². The minimum Gasteiger partial charge on any atom is -0.451 e. The Morgan fingerprint density at radius 3 is 2.89 bits per heavy atom. The van der Waals surface area contributed by atoms with Crippen LogP contribution >= 0.6 is 11.6 Å². The standard InChI is InChI=1S/C13H7ClN2O2/c14-9-3-1-2-8-6-11(18-13(8)9)12(17)10-7-15-4-5-16-10/h1-7H. The third kappa shape index (κ3) is 1.76. The lowest BCUT2D eigenvalue weighted by Gasteiger charge is -1.94. The number of aromatic nitrogens is 2. The first-order valence-corrected chi connectivity index (χ1v) is 5.62. The van der Waals surface area contributed by atoms with Gasteiger partial charge >= 0.3 is 0 Å². The first-order valence-electron chi connectivity index (χ1n) is 5.24. The highest BCUT2D eigenvalue weighted by Crippen LogP contribution is 2.27. The molecule has 3 rings (SSSR count). The average Bonchev–Trinajstić information content (AvgIpc) is 2.84. The highest BCUT2D eigenvalue weighted by atomic mass is 35.5. The number of nitrogens with zero attached hydrogens (tertiary/aromatic N) is 2. The van der Waals surface area contributed by atoms with Crippen LogP contribution in [0.3, 0.4) is 0 Å². The van der Waals surface area contributed by atoms with Crippen molar-refractivity contribution >= 4 is 28.4 Å². The molecule has 0 spiro atoms. The molecule has 88 valence electrons. The molecule has 0 aliphatic rings. The number of hydrogen-bond donors (Lipinski definition) is 0. The fourth-order valence-electron chi connectivity index (χ4n) is 1.68. The molecular formula is C13H7ClN2O2. The molecule has 3 aromatic rings. The van der Waals surface area contributed by atoms with Crippen LogP contribution < -0.4 is 0 Å². The summed E-state index contributed by atoms with van der Waals surface area (Å²) >= 11 is 5.99. The summed E-state index contributed by atoms with van der Waals surface area (Å²) in [6.07, 6.45) is 4.37. The Kier molecular flexibility index (Phi) is 2.57. The Bertz CT molecular complexity index is 722. The molecule has 0 atom stereocenters. The van der Waals surface area contributed by atoms with Crippen molar-refractivity contribution in [2.24, 2.45) is 0 Å². The van der Waals surface area contributed by atoms with E-state index in [1.807, 2.05) is 6.07 Å². The summed E-state index contributed by atoms with van der Waals surface area (Å²) < 4.78 is 5.47. The topological polar surface area (TPSA) is 56.0 Å². The fourth-order valence-corrected chi connectivity index (χ4v) is 1.90. The van der Waals surface area contributed by atoms with E-state index in [4.69, 9.17) is 16.0 Å². The molecule has 5 heteroatoms. The van der Waals surface area contributed by atoms with Gasteiger partial charge in [-0.25, -0.2) is 4.98 Å². The fraction of sp³-hybridized carbons (Fsp3) is 0. The van der Waals surface area contributed by atoms with Crippen LogP contribution in [0.25, 0.3) is 11.0 Å². The third-order valence-corrected chi connectivity index (χ3v) is 2.81. The summed E-state index contributed by atoms with van der Waals surface area (Å²) in [6.45, 7) is 0. The van der Waals surface area contributed by atoms with Gasteiger partial charge in [0.25, 0.3) is 0 Å². The van der Waals surface area contributed by atoms with Crippen LogP contribution in [0.15, 0.2) is 47.3 Å². The quantitative estimate of drug-likeness (QED) is 0.663. The molecule has 0 saturated heterocycles. The largest absolute Gasteiger partial charge is 0.451 e. The van der Waals surface area contributed by atoms with Gasteiger partial charge in [0.1, 0.15) is 5.69 Å². The molecule has 0 radical (unpaired) electrons. The summed E-state index contributed by atoms with van der Waals surface area (Å²) in [7, 11) is 0. The molecule has 2 heterocycles. The number of furan rings is 1. The van der Waals surface area contributed by atoms with Gasteiger partial charge in [0.15, 0.2) is 11.3 Å². The second-order valence-corrected chi connectivity index (χ2v) is 4.10. The van der Waals surface area contributed by atoms with Crippen LogP contribution in [0.2, 0.25) is 5.02 Å². The van der Waals surface area contributed by atoms with E-state index in [2.05, 4.69) is 9.97 Å². The van der Waals surface area contributed by atoms with Gasteiger partial charge in [0.05, 0.1) is 11.2 Å². The molecule has 0 amide bonds. The maximum absolute atomic E-state index is 12.1. The molecule has 0 bridgehead atoms. The lowest BCUT2D eigenvalue weighted by atomic mass is 10.2. The minimum absolute atomic E-state index is 0.207.